The molecule has 0 unspecified atom stereocenters. The second kappa shape index (κ2) is 10.8. The van der Waals surface area contributed by atoms with E-state index in [0.29, 0.717) is 6.54 Å². The molecule has 0 saturated carbocycles. The summed E-state index contributed by atoms with van der Waals surface area (Å²) in [5.74, 6) is -0.359. The van der Waals surface area contributed by atoms with Crippen molar-refractivity contribution in [1.29, 1.82) is 5.26 Å². The Morgan fingerprint density at radius 3 is 2.48 bits per heavy atom. The number of amides is 1. The Labute approximate surface area is 172 Å². The molecule has 0 aromatic heterocycles. The van der Waals surface area contributed by atoms with Crippen LogP contribution in [-0.4, -0.2) is 88.3 Å². The molecular formula is C21H30N6O2. The molecule has 2 saturated heterocycles. The van der Waals surface area contributed by atoms with Gasteiger partial charge < -0.3 is 25.2 Å². The van der Waals surface area contributed by atoms with Gasteiger partial charge in [0.15, 0.2) is 0 Å². The van der Waals surface area contributed by atoms with Crippen LogP contribution in [0.25, 0.3) is 0 Å². The van der Waals surface area contributed by atoms with E-state index in [0.717, 1.165) is 64.7 Å². The van der Waals surface area contributed by atoms with E-state index >= 15 is 0 Å². The number of carbonyl (C=O) groups is 1. The Morgan fingerprint density at radius 1 is 1.14 bits per heavy atom. The van der Waals surface area contributed by atoms with Crippen molar-refractivity contribution in [3.05, 3.63) is 36.0 Å². The zero-order valence-electron chi connectivity index (χ0n) is 17.1. The maximum absolute atomic E-state index is 12.2. The second-order valence-corrected chi connectivity index (χ2v) is 7.36. The normalized spacial score (nSPS) is 18.9. The van der Waals surface area contributed by atoms with Crippen LogP contribution in [-0.2, 0) is 9.53 Å². The quantitative estimate of drug-likeness (QED) is 0.517. The van der Waals surface area contributed by atoms with Gasteiger partial charge in [-0.1, -0.05) is 0 Å². The second-order valence-electron chi connectivity index (χ2n) is 7.36. The maximum atomic E-state index is 12.2. The van der Waals surface area contributed by atoms with Gasteiger partial charge in [0, 0.05) is 69.9 Å². The lowest BCUT2D eigenvalue weighted by molar-refractivity contribution is -0.117. The highest BCUT2D eigenvalue weighted by Crippen LogP contribution is 2.19. The van der Waals surface area contributed by atoms with Gasteiger partial charge in [-0.15, -0.1) is 0 Å². The van der Waals surface area contributed by atoms with Gasteiger partial charge in [-0.05, 0) is 31.3 Å². The lowest BCUT2D eigenvalue weighted by atomic mass is 10.2. The smallest absolute Gasteiger partial charge is 0.263 e. The number of piperazine rings is 1. The average molecular weight is 399 g/mol. The number of nitrogens with one attached hydrogen (secondary N) is 2. The summed E-state index contributed by atoms with van der Waals surface area (Å²) >= 11 is 0. The van der Waals surface area contributed by atoms with Gasteiger partial charge in [0.05, 0.1) is 13.2 Å². The van der Waals surface area contributed by atoms with Crippen molar-refractivity contribution in [2.45, 2.75) is 0 Å². The van der Waals surface area contributed by atoms with Crippen molar-refractivity contribution in [3.8, 4) is 6.07 Å². The van der Waals surface area contributed by atoms with Crippen molar-refractivity contribution >= 4 is 17.3 Å². The minimum absolute atomic E-state index is 0.0649. The van der Waals surface area contributed by atoms with Crippen LogP contribution in [0.1, 0.15) is 0 Å². The fourth-order valence-electron chi connectivity index (χ4n) is 3.38. The number of anilines is 2. The summed E-state index contributed by atoms with van der Waals surface area (Å²) in [4.78, 5) is 19.2. The van der Waals surface area contributed by atoms with Crippen molar-refractivity contribution < 1.29 is 9.53 Å². The Balaban J connectivity index is 1.46. The maximum Gasteiger partial charge on any atom is 0.263 e. The third kappa shape index (κ3) is 6.46. The fraction of sp³-hybridized carbons (Fsp3) is 0.524. The van der Waals surface area contributed by atoms with E-state index in [1.54, 1.807) is 0 Å². The summed E-state index contributed by atoms with van der Waals surface area (Å²) in [7, 11) is 2.14. The van der Waals surface area contributed by atoms with Crippen LogP contribution in [0.3, 0.4) is 0 Å². The van der Waals surface area contributed by atoms with E-state index in [1.807, 2.05) is 18.2 Å². The molecule has 0 spiro atoms. The molecule has 0 bridgehead atoms. The van der Waals surface area contributed by atoms with Crippen LogP contribution in [0.2, 0.25) is 0 Å². The molecule has 0 radical (unpaired) electrons. The van der Waals surface area contributed by atoms with Gasteiger partial charge in [-0.2, -0.15) is 5.26 Å². The van der Waals surface area contributed by atoms with Crippen LogP contribution in [0.5, 0.6) is 0 Å². The van der Waals surface area contributed by atoms with Crippen molar-refractivity contribution in [1.82, 2.24) is 15.1 Å². The summed E-state index contributed by atoms with van der Waals surface area (Å²) < 4.78 is 5.31. The molecule has 156 valence electrons. The van der Waals surface area contributed by atoms with Gasteiger partial charge in [0.2, 0.25) is 0 Å². The third-order valence-electron chi connectivity index (χ3n) is 5.30. The van der Waals surface area contributed by atoms with Crippen LogP contribution in [0, 0.1) is 11.3 Å². The lowest BCUT2D eigenvalue weighted by Gasteiger charge is -2.34. The van der Waals surface area contributed by atoms with Gasteiger partial charge >= 0.3 is 0 Å². The predicted molar refractivity (Wildman–Crippen MR) is 114 cm³/mol. The molecule has 0 aliphatic carbocycles. The highest BCUT2D eigenvalue weighted by atomic mass is 16.5. The number of hydrogen-bond acceptors (Lipinski definition) is 7. The van der Waals surface area contributed by atoms with Gasteiger partial charge in [0.25, 0.3) is 5.91 Å². The van der Waals surface area contributed by atoms with E-state index in [9.17, 15) is 10.1 Å². The standard InChI is InChI=1S/C21H30N6O2/c1-25-8-10-27(11-9-25)20-4-2-19(3-5-20)24-17-18(16-22)21(28)23-6-7-26-12-14-29-15-13-26/h2-5,17,24H,6-15H2,1H3,(H,23,28)/b18-17-. The monoisotopic (exact) mass is 398 g/mol. The van der Waals surface area contributed by atoms with E-state index < -0.39 is 0 Å². The van der Waals surface area contributed by atoms with E-state index in [1.165, 1.54) is 11.9 Å². The molecule has 0 atom stereocenters. The van der Waals surface area contributed by atoms with Gasteiger partial charge in [-0.25, -0.2) is 0 Å². The van der Waals surface area contributed by atoms with Crippen LogP contribution in [0.15, 0.2) is 36.0 Å². The Kier molecular flexibility index (Phi) is 7.87. The highest BCUT2D eigenvalue weighted by Gasteiger charge is 2.14. The molecule has 1 amide bonds. The number of likely N-dealkylation sites (N-methyl/N-ethyl adjacent to an activating group) is 1. The van der Waals surface area contributed by atoms with Gasteiger partial charge in [0.1, 0.15) is 11.6 Å². The number of ether oxygens (including phenoxy) is 1. The first-order valence-electron chi connectivity index (χ1n) is 10.1. The van der Waals surface area contributed by atoms with Gasteiger partial charge in [-0.3, -0.25) is 9.69 Å². The third-order valence-corrected chi connectivity index (χ3v) is 5.30. The number of hydrogen-bond donors (Lipinski definition) is 2. The molecule has 8 heteroatoms. The molecule has 8 nitrogen and oxygen atoms in total. The fourth-order valence-corrected chi connectivity index (χ4v) is 3.38. The zero-order valence-corrected chi connectivity index (χ0v) is 17.1. The van der Waals surface area contributed by atoms with E-state index in [-0.39, 0.29) is 11.5 Å². The average Bonchev–Trinajstić information content (AvgIpc) is 2.76. The summed E-state index contributed by atoms with van der Waals surface area (Å²) in [6, 6.07) is 10.0. The highest BCUT2D eigenvalue weighted by molar-refractivity contribution is 5.97. The molecule has 2 fully saturated rings. The summed E-state index contributed by atoms with van der Waals surface area (Å²) in [5.41, 5.74) is 2.10. The number of nitriles is 1. The number of benzene rings is 1. The molecule has 29 heavy (non-hydrogen) atoms. The first-order valence-corrected chi connectivity index (χ1v) is 10.1. The first-order chi connectivity index (χ1) is 14.2. The lowest BCUT2D eigenvalue weighted by Crippen LogP contribution is -2.44. The first kappa shape index (κ1) is 21.1. The molecule has 1 aromatic rings. The van der Waals surface area contributed by atoms with Crippen LogP contribution >= 0.6 is 0 Å². The Hall–Kier alpha value is -2.60. The SMILES string of the molecule is CN1CCN(c2ccc(N/C=C(/C#N)C(=O)NCCN3CCOCC3)cc2)CC1. The van der Waals surface area contributed by atoms with Crippen molar-refractivity contribution in [3.63, 3.8) is 0 Å². The number of morpholine rings is 1. The minimum atomic E-state index is -0.359. The summed E-state index contributed by atoms with van der Waals surface area (Å²) in [6.07, 6.45) is 1.47. The molecule has 2 heterocycles. The molecule has 2 aliphatic rings. The molecule has 3 rings (SSSR count). The minimum Gasteiger partial charge on any atom is -0.379 e. The molecule has 2 N–H and O–H groups in total. The number of rotatable bonds is 7. The molecule has 1 aromatic carbocycles. The molecular weight excluding hydrogens is 368 g/mol. The predicted octanol–water partition coefficient (Wildman–Crippen LogP) is 0.706. The number of carbonyl (C=O) groups excluding carboxylic acids is 1. The topological polar surface area (TPSA) is 83.9 Å². The summed E-state index contributed by atoms with van der Waals surface area (Å²) in [5, 5.41) is 15.2. The van der Waals surface area contributed by atoms with Crippen LogP contribution < -0.4 is 15.5 Å². The summed E-state index contributed by atoms with van der Waals surface area (Å²) in [6.45, 7) is 8.66. The van der Waals surface area contributed by atoms with E-state index in [2.05, 4.69) is 44.5 Å². The van der Waals surface area contributed by atoms with Crippen molar-refractivity contribution in [2.75, 3.05) is 82.8 Å². The largest absolute Gasteiger partial charge is 0.379 e. The van der Waals surface area contributed by atoms with Crippen molar-refractivity contribution in [2.24, 2.45) is 0 Å². The van der Waals surface area contributed by atoms with E-state index in [4.69, 9.17) is 4.74 Å². The Morgan fingerprint density at radius 2 is 1.83 bits per heavy atom. The van der Waals surface area contributed by atoms with Crippen LogP contribution in [0.4, 0.5) is 11.4 Å². The number of nitrogens with zero attached hydrogens (tertiary/aromatic N) is 4. The Bertz CT molecular complexity index is 729. The zero-order chi connectivity index (χ0) is 20.5. The molecule has 2 aliphatic heterocycles.